The zero-order valence-electron chi connectivity index (χ0n) is 14.4. The van der Waals surface area contributed by atoms with E-state index in [2.05, 4.69) is 4.72 Å². The first-order valence-electron chi connectivity index (χ1n) is 7.77. The van der Waals surface area contributed by atoms with Crippen molar-refractivity contribution in [3.63, 3.8) is 0 Å². The number of halogens is 3. The highest BCUT2D eigenvalue weighted by Gasteiger charge is 2.41. The molecular weight excluding hydrogens is 367 g/mol. The van der Waals surface area contributed by atoms with Crippen LogP contribution in [0.4, 0.5) is 18.9 Å². The van der Waals surface area contributed by atoms with Gasteiger partial charge in [-0.3, -0.25) is 9.52 Å². The molecule has 2 aromatic carbocycles. The van der Waals surface area contributed by atoms with Crippen molar-refractivity contribution in [2.75, 3.05) is 4.72 Å². The van der Waals surface area contributed by atoms with E-state index in [-0.39, 0.29) is 10.8 Å². The third-order valence-electron chi connectivity index (χ3n) is 3.79. The summed E-state index contributed by atoms with van der Waals surface area (Å²) in [4.78, 5) is 11.7. The van der Waals surface area contributed by atoms with Crippen LogP contribution < -0.4 is 4.72 Å². The molecule has 0 aliphatic rings. The molecule has 0 aromatic heterocycles. The second kappa shape index (κ2) is 7.11. The van der Waals surface area contributed by atoms with Crippen LogP contribution in [-0.2, 0) is 10.0 Å². The van der Waals surface area contributed by atoms with E-state index in [1.54, 1.807) is 32.9 Å². The molecule has 140 valence electrons. The van der Waals surface area contributed by atoms with E-state index >= 15 is 0 Å². The topological polar surface area (TPSA) is 63.2 Å². The first-order valence-corrected chi connectivity index (χ1v) is 9.25. The van der Waals surface area contributed by atoms with E-state index in [4.69, 9.17) is 0 Å². The molecule has 0 radical (unpaired) electrons. The molecule has 0 unspecified atom stereocenters. The molecule has 0 bridgehead atoms. The van der Waals surface area contributed by atoms with Crippen molar-refractivity contribution in [3.8, 4) is 0 Å². The number of hydrogen-bond donors (Lipinski definition) is 1. The Hall–Kier alpha value is -2.35. The van der Waals surface area contributed by atoms with E-state index in [1.165, 1.54) is 24.3 Å². The molecule has 4 nitrogen and oxygen atoms in total. The third-order valence-corrected chi connectivity index (χ3v) is 5.17. The van der Waals surface area contributed by atoms with Crippen molar-refractivity contribution < 1.29 is 26.4 Å². The number of ketones is 1. The molecule has 2 aromatic rings. The maximum absolute atomic E-state index is 12.9. The lowest BCUT2D eigenvalue weighted by Crippen LogP contribution is -2.25. The molecule has 0 spiro atoms. The fourth-order valence-corrected chi connectivity index (χ4v) is 3.35. The molecule has 0 fully saturated rings. The summed E-state index contributed by atoms with van der Waals surface area (Å²) >= 11 is 0. The second-order valence-corrected chi connectivity index (χ2v) is 7.89. The van der Waals surface area contributed by atoms with Crippen molar-refractivity contribution in [1.29, 1.82) is 0 Å². The minimum atomic E-state index is -5.11. The van der Waals surface area contributed by atoms with E-state index < -0.39 is 33.2 Å². The first-order chi connectivity index (χ1) is 11.9. The first kappa shape index (κ1) is 20.0. The summed E-state index contributed by atoms with van der Waals surface area (Å²) in [5, 5.41) is 0. The number of anilines is 1. The molecule has 8 heteroatoms. The summed E-state index contributed by atoms with van der Waals surface area (Å²) in [5.74, 6) is -2.22. The van der Waals surface area contributed by atoms with Gasteiger partial charge >= 0.3 is 6.18 Å². The molecule has 26 heavy (non-hydrogen) atoms. The minimum absolute atomic E-state index is 0.110. The number of hydrogen-bond acceptors (Lipinski definition) is 3. The van der Waals surface area contributed by atoms with Crippen LogP contribution in [0, 0.1) is 6.92 Å². The summed E-state index contributed by atoms with van der Waals surface area (Å²) in [7, 11) is -4.13. The summed E-state index contributed by atoms with van der Waals surface area (Å²) in [5.41, 5.74) is 0.200. The normalized spacial score (nSPS) is 12.3. The van der Waals surface area contributed by atoms with Crippen LogP contribution in [0.15, 0.2) is 47.4 Å². The Morgan fingerprint density at radius 3 is 2.12 bits per heavy atom. The molecule has 0 amide bonds. The van der Waals surface area contributed by atoms with Gasteiger partial charge in [0.15, 0.2) is 0 Å². The largest absolute Gasteiger partial charge is 0.454 e. The van der Waals surface area contributed by atoms with Gasteiger partial charge in [0.2, 0.25) is 0 Å². The van der Waals surface area contributed by atoms with Gasteiger partial charge in [-0.25, -0.2) is 8.42 Å². The van der Waals surface area contributed by atoms with Crippen molar-refractivity contribution in [3.05, 3.63) is 59.2 Å². The monoisotopic (exact) mass is 385 g/mol. The van der Waals surface area contributed by atoms with Crippen molar-refractivity contribution in [1.82, 2.24) is 0 Å². The standard InChI is InChI=1S/C18H18F3NO3S/c1-11(2)13-6-9-16(15(10-13)17(23)18(19,20)21)22-26(24,25)14-7-4-12(3)5-8-14/h4-11,22H,1-3H3. The summed E-state index contributed by atoms with van der Waals surface area (Å²) < 4.78 is 65.8. The van der Waals surface area contributed by atoms with Gasteiger partial charge in [0.05, 0.1) is 16.1 Å². The number of Topliss-reactive ketones (excluding diaryl/α,β-unsaturated/α-hetero) is 1. The number of rotatable bonds is 5. The Balaban J connectivity index is 2.51. The number of benzene rings is 2. The lowest BCUT2D eigenvalue weighted by molar-refractivity contribution is -0.0884. The molecule has 0 atom stereocenters. The number of sulfonamides is 1. The number of carbonyl (C=O) groups is 1. The van der Waals surface area contributed by atoms with Gasteiger partial charge < -0.3 is 0 Å². The van der Waals surface area contributed by atoms with Crippen LogP contribution in [0.25, 0.3) is 0 Å². The van der Waals surface area contributed by atoms with E-state index in [9.17, 15) is 26.4 Å². The maximum atomic E-state index is 12.9. The lowest BCUT2D eigenvalue weighted by Gasteiger charge is -2.16. The van der Waals surface area contributed by atoms with Gasteiger partial charge in [0.1, 0.15) is 0 Å². The van der Waals surface area contributed by atoms with Crippen LogP contribution in [0.3, 0.4) is 0 Å². The fraction of sp³-hybridized carbons (Fsp3) is 0.278. The lowest BCUT2D eigenvalue weighted by atomic mass is 9.98. The summed E-state index contributed by atoms with van der Waals surface area (Å²) in [6, 6.07) is 9.56. The van der Waals surface area contributed by atoms with Crippen LogP contribution in [0.5, 0.6) is 0 Å². The maximum Gasteiger partial charge on any atom is 0.454 e. The SMILES string of the molecule is Cc1ccc(S(=O)(=O)Nc2ccc(C(C)C)cc2C(=O)C(F)(F)F)cc1. The van der Waals surface area contributed by atoms with E-state index in [0.717, 1.165) is 11.6 Å². The number of carbonyl (C=O) groups excluding carboxylic acids is 1. The Morgan fingerprint density at radius 1 is 1.04 bits per heavy atom. The van der Waals surface area contributed by atoms with Gasteiger partial charge in [-0.1, -0.05) is 37.6 Å². The van der Waals surface area contributed by atoms with Gasteiger partial charge in [-0.2, -0.15) is 13.2 Å². The number of aryl methyl sites for hydroxylation is 1. The van der Waals surface area contributed by atoms with Crippen LogP contribution in [0.1, 0.15) is 41.3 Å². The predicted octanol–water partition coefficient (Wildman–Crippen LogP) is 4.66. The molecule has 1 N–H and O–H groups in total. The Morgan fingerprint density at radius 2 is 1.62 bits per heavy atom. The zero-order valence-corrected chi connectivity index (χ0v) is 15.2. The van der Waals surface area contributed by atoms with Crippen LogP contribution in [-0.4, -0.2) is 20.4 Å². The van der Waals surface area contributed by atoms with Gasteiger partial charge in [0.25, 0.3) is 15.8 Å². The van der Waals surface area contributed by atoms with Crippen LogP contribution in [0.2, 0.25) is 0 Å². The Bertz CT molecular complexity index is 918. The highest BCUT2D eigenvalue weighted by molar-refractivity contribution is 7.92. The average Bonchev–Trinajstić information content (AvgIpc) is 2.53. The third kappa shape index (κ3) is 4.43. The van der Waals surface area contributed by atoms with Crippen molar-refractivity contribution in [2.24, 2.45) is 0 Å². The molecular formula is C18H18F3NO3S. The second-order valence-electron chi connectivity index (χ2n) is 6.21. The molecule has 2 rings (SSSR count). The molecule has 0 saturated carbocycles. The van der Waals surface area contributed by atoms with Crippen molar-refractivity contribution >= 4 is 21.5 Å². The average molecular weight is 385 g/mol. The smallest absolute Gasteiger partial charge is 0.284 e. The van der Waals surface area contributed by atoms with Crippen molar-refractivity contribution in [2.45, 2.75) is 37.8 Å². The summed E-state index contributed by atoms with van der Waals surface area (Å²) in [6.07, 6.45) is -5.11. The number of alkyl halides is 3. The van der Waals surface area contributed by atoms with Crippen LogP contribution >= 0.6 is 0 Å². The molecule has 0 saturated heterocycles. The zero-order chi connectivity index (χ0) is 19.7. The highest BCUT2D eigenvalue weighted by Crippen LogP contribution is 2.30. The number of nitrogens with one attached hydrogen (secondary N) is 1. The molecule has 0 heterocycles. The minimum Gasteiger partial charge on any atom is -0.284 e. The Kier molecular flexibility index (Phi) is 5.46. The van der Waals surface area contributed by atoms with E-state index in [0.29, 0.717) is 5.56 Å². The summed E-state index contributed by atoms with van der Waals surface area (Å²) in [6.45, 7) is 5.29. The van der Waals surface area contributed by atoms with Gasteiger partial charge in [-0.05, 0) is 42.7 Å². The van der Waals surface area contributed by atoms with Gasteiger partial charge in [0, 0.05) is 0 Å². The molecule has 0 aliphatic heterocycles. The predicted molar refractivity (Wildman–Crippen MR) is 92.9 cm³/mol. The van der Waals surface area contributed by atoms with E-state index in [1.807, 2.05) is 0 Å². The van der Waals surface area contributed by atoms with Gasteiger partial charge in [-0.15, -0.1) is 0 Å². The highest BCUT2D eigenvalue weighted by atomic mass is 32.2. The quantitative estimate of drug-likeness (QED) is 0.761. The Labute approximate surface area is 150 Å². The fourth-order valence-electron chi connectivity index (χ4n) is 2.27. The molecule has 0 aliphatic carbocycles.